The third-order valence-corrected chi connectivity index (χ3v) is 11.8. The Morgan fingerprint density at radius 2 is 2.00 bits per heavy atom. The van der Waals surface area contributed by atoms with Gasteiger partial charge in [0.05, 0.1) is 20.1 Å². The van der Waals surface area contributed by atoms with Crippen molar-refractivity contribution in [3.05, 3.63) is 16.7 Å². The van der Waals surface area contributed by atoms with E-state index in [1.54, 1.807) is 0 Å². The number of anilines is 1. The number of aromatic nitrogens is 4. The first-order valence-electron chi connectivity index (χ1n) is 8.99. The number of nitrogens with zero attached hydrogens (tertiary/aromatic N) is 3. The number of hydrogen-bond donors (Lipinski definition) is 5. The smallest absolute Gasteiger partial charge is 0.280 e. The maximum absolute atomic E-state index is 12.0. The van der Waals surface area contributed by atoms with E-state index in [0.717, 1.165) is 0 Å². The number of hydrogen-bond acceptors (Lipinski definition) is 9. The van der Waals surface area contributed by atoms with Crippen molar-refractivity contribution >= 4 is 25.2 Å². The third kappa shape index (κ3) is 3.15. The number of aromatic amines is 1. The molecule has 0 aromatic carbocycles. The van der Waals surface area contributed by atoms with Crippen molar-refractivity contribution < 1.29 is 19.8 Å². The van der Waals surface area contributed by atoms with Crippen molar-refractivity contribution in [1.29, 1.82) is 0 Å². The second kappa shape index (κ2) is 6.90. The fourth-order valence-corrected chi connectivity index (χ4v) is 5.67. The van der Waals surface area contributed by atoms with Crippen LogP contribution < -0.4 is 17.2 Å². The highest BCUT2D eigenvalue weighted by molar-refractivity contribution is 6.81. The number of rotatable bonds is 4. The monoisotopic (exact) mass is 412 g/mol. The van der Waals surface area contributed by atoms with Crippen LogP contribution >= 0.6 is 0 Å². The summed E-state index contributed by atoms with van der Waals surface area (Å²) in [4.78, 5) is 27.8. The number of aliphatic hydroxyl groups is 2. The average molecular weight is 413 g/mol. The van der Waals surface area contributed by atoms with Crippen LogP contribution in [0.4, 0.5) is 5.95 Å². The van der Waals surface area contributed by atoms with Crippen LogP contribution in [0.5, 0.6) is 0 Å². The summed E-state index contributed by atoms with van der Waals surface area (Å²) in [5.41, 5.74) is 4.74. The number of ether oxygens (including phenoxy) is 1. The molecule has 0 spiro atoms. The van der Waals surface area contributed by atoms with E-state index in [1.165, 1.54) is 10.9 Å². The molecule has 0 saturated carbocycles. The van der Waals surface area contributed by atoms with Crippen molar-refractivity contribution in [3.8, 4) is 0 Å². The van der Waals surface area contributed by atoms with Gasteiger partial charge in [0.15, 0.2) is 17.4 Å². The summed E-state index contributed by atoms with van der Waals surface area (Å²) < 4.78 is 7.40. The first kappa shape index (κ1) is 20.9. The van der Waals surface area contributed by atoms with Crippen LogP contribution in [-0.2, 0) is 9.57 Å². The molecule has 0 aliphatic carbocycles. The quantitative estimate of drug-likeness (QED) is 0.331. The van der Waals surface area contributed by atoms with Crippen molar-refractivity contribution in [2.45, 2.75) is 69.2 Å². The molecule has 12 heteroatoms. The molecule has 1 fully saturated rings. The zero-order valence-corrected chi connectivity index (χ0v) is 17.6. The summed E-state index contributed by atoms with van der Waals surface area (Å²) >= 11 is 0. The third-order valence-electron chi connectivity index (χ3n) is 6.09. The van der Waals surface area contributed by atoms with Gasteiger partial charge in [-0.05, 0) is 5.04 Å². The SMILES string of the molecule is CC(C)(C)[Si](C)(C)C(ON)[C@H]1O[C@@H](n2cnc3c(=O)[nH]c(N)nc32)[C@H](O)[C@@H]1O. The lowest BCUT2D eigenvalue weighted by Crippen LogP contribution is -2.59. The maximum atomic E-state index is 12.0. The molecule has 0 bridgehead atoms. The molecular weight excluding hydrogens is 384 g/mol. The minimum atomic E-state index is -2.22. The Morgan fingerprint density at radius 3 is 2.57 bits per heavy atom. The first-order chi connectivity index (χ1) is 12.9. The molecule has 7 N–H and O–H groups in total. The van der Waals surface area contributed by atoms with Crippen molar-refractivity contribution in [2.24, 2.45) is 5.90 Å². The molecular formula is C16H28N6O5Si. The Kier molecular flexibility index (Phi) is 5.14. The minimum Gasteiger partial charge on any atom is -0.387 e. The molecule has 0 amide bonds. The van der Waals surface area contributed by atoms with E-state index < -0.39 is 43.9 Å². The molecule has 156 valence electrons. The normalized spacial score (nSPS) is 27.4. The van der Waals surface area contributed by atoms with Gasteiger partial charge in [0, 0.05) is 0 Å². The molecule has 3 rings (SSSR count). The number of imidazole rings is 1. The first-order valence-corrected chi connectivity index (χ1v) is 12.1. The van der Waals surface area contributed by atoms with Crippen molar-refractivity contribution in [1.82, 2.24) is 19.5 Å². The number of nitrogens with one attached hydrogen (secondary N) is 1. The van der Waals surface area contributed by atoms with E-state index in [0.29, 0.717) is 0 Å². The maximum Gasteiger partial charge on any atom is 0.280 e. The van der Waals surface area contributed by atoms with Crippen molar-refractivity contribution in [3.63, 3.8) is 0 Å². The van der Waals surface area contributed by atoms with Crippen LogP contribution in [0, 0.1) is 0 Å². The minimum absolute atomic E-state index is 0.0546. The zero-order chi connectivity index (χ0) is 21.0. The second-order valence-electron chi connectivity index (χ2n) is 8.78. The van der Waals surface area contributed by atoms with Gasteiger partial charge in [-0.1, -0.05) is 33.9 Å². The predicted molar refractivity (Wildman–Crippen MR) is 105 cm³/mol. The molecule has 1 unspecified atom stereocenters. The second-order valence-corrected chi connectivity index (χ2v) is 14.3. The number of H-pyrrole nitrogens is 1. The van der Waals surface area contributed by atoms with Crippen LogP contribution in [-0.4, -0.2) is 61.8 Å². The molecule has 1 aliphatic heterocycles. The van der Waals surface area contributed by atoms with E-state index in [9.17, 15) is 15.0 Å². The summed E-state index contributed by atoms with van der Waals surface area (Å²) in [7, 11) is -2.22. The van der Waals surface area contributed by atoms with Crippen molar-refractivity contribution in [2.75, 3.05) is 5.73 Å². The molecule has 1 aliphatic rings. The van der Waals surface area contributed by atoms with Gasteiger partial charge >= 0.3 is 0 Å². The summed E-state index contributed by atoms with van der Waals surface area (Å²) in [5.74, 6) is 5.52. The molecule has 28 heavy (non-hydrogen) atoms. The van der Waals surface area contributed by atoms with Crippen LogP contribution in [0.3, 0.4) is 0 Å². The van der Waals surface area contributed by atoms with E-state index in [-0.39, 0.29) is 22.2 Å². The van der Waals surface area contributed by atoms with Crippen LogP contribution in [0.2, 0.25) is 18.1 Å². The molecule has 3 heterocycles. The van der Waals surface area contributed by atoms with Gasteiger partial charge in [-0.25, -0.2) is 10.9 Å². The number of aliphatic hydroxyl groups excluding tert-OH is 2. The number of nitrogen functional groups attached to an aromatic ring is 1. The topological polar surface area (TPSA) is 175 Å². The number of nitrogens with two attached hydrogens (primary N) is 2. The Bertz CT molecular complexity index is 922. The molecule has 1 saturated heterocycles. The van der Waals surface area contributed by atoms with Gasteiger partial charge in [0.1, 0.15) is 18.3 Å². The van der Waals surface area contributed by atoms with E-state index in [1.807, 2.05) is 0 Å². The van der Waals surface area contributed by atoms with E-state index in [4.69, 9.17) is 21.2 Å². The highest BCUT2D eigenvalue weighted by Gasteiger charge is 2.55. The van der Waals surface area contributed by atoms with Crippen LogP contribution in [0.1, 0.15) is 27.0 Å². The molecule has 0 radical (unpaired) electrons. The van der Waals surface area contributed by atoms with Gasteiger partial charge in [-0.15, -0.1) is 0 Å². The summed E-state index contributed by atoms with van der Waals surface area (Å²) in [6.07, 6.45) is -3.11. The zero-order valence-electron chi connectivity index (χ0n) is 16.6. The van der Waals surface area contributed by atoms with Gasteiger partial charge in [-0.3, -0.25) is 14.3 Å². The molecule has 5 atom stereocenters. The highest BCUT2D eigenvalue weighted by atomic mass is 28.3. The fraction of sp³-hybridized carbons (Fsp3) is 0.688. The Balaban J connectivity index is 2.00. The van der Waals surface area contributed by atoms with Crippen LogP contribution in [0.25, 0.3) is 11.2 Å². The lowest BCUT2D eigenvalue weighted by atomic mass is 10.1. The standard InChI is InChI=1S/C16H28N6O5Si/c1-16(2,3)28(4,5)14(27-18)10-8(23)9(24)13(26-10)22-6-19-7-11(22)20-15(17)21-12(7)25/h6,8-10,13-14,23-24H,18H2,1-5H3,(H3,17,20,21,25)/t8-,9+,10-,13+,14?/m0/s1. The molecule has 2 aromatic heterocycles. The van der Waals surface area contributed by atoms with Gasteiger partial charge < -0.3 is 25.5 Å². The summed E-state index contributed by atoms with van der Waals surface area (Å²) in [5, 5.41) is 21.3. The van der Waals surface area contributed by atoms with Gasteiger partial charge in [0.25, 0.3) is 5.56 Å². The fourth-order valence-electron chi connectivity index (χ4n) is 3.38. The molecule has 2 aromatic rings. The lowest BCUT2D eigenvalue weighted by molar-refractivity contribution is -0.0851. The Morgan fingerprint density at radius 1 is 1.36 bits per heavy atom. The molecule has 11 nitrogen and oxygen atoms in total. The largest absolute Gasteiger partial charge is 0.387 e. The lowest BCUT2D eigenvalue weighted by Gasteiger charge is -2.44. The van der Waals surface area contributed by atoms with E-state index in [2.05, 4.69) is 48.8 Å². The highest BCUT2D eigenvalue weighted by Crippen LogP contribution is 2.43. The Labute approximate surface area is 162 Å². The number of fused-ring (bicyclic) bond motifs is 1. The van der Waals surface area contributed by atoms with Gasteiger partial charge in [0.2, 0.25) is 5.95 Å². The summed E-state index contributed by atoms with van der Waals surface area (Å²) in [6, 6.07) is 0. The average Bonchev–Trinajstić information content (AvgIpc) is 3.10. The van der Waals surface area contributed by atoms with Gasteiger partial charge in [-0.2, -0.15) is 4.98 Å². The van der Waals surface area contributed by atoms with E-state index >= 15 is 0 Å². The van der Waals surface area contributed by atoms with Crippen LogP contribution in [0.15, 0.2) is 11.1 Å². The predicted octanol–water partition coefficient (Wildman–Crippen LogP) is -0.372. The summed E-state index contributed by atoms with van der Waals surface area (Å²) in [6.45, 7) is 10.4. The Hall–Kier alpha value is -1.83.